The first-order chi connectivity index (χ1) is 14.0. The number of H-pyrrole nitrogens is 1. The number of fused-ring (bicyclic) bond motifs is 1. The Morgan fingerprint density at radius 2 is 1.93 bits per heavy atom. The van der Waals surface area contributed by atoms with Crippen molar-refractivity contribution in [2.75, 3.05) is 0 Å². The van der Waals surface area contributed by atoms with Crippen LogP contribution in [0.15, 0.2) is 42.5 Å². The SMILES string of the molecule is CC(NC(=O)Cn1c(-c2ccc(Cl)cc2)n[nH]c1=S)c1ccc2c(c1)CCCC2. The molecule has 3 aromatic rings. The van der Waals surface area contributed by atoms with Crippen molar-refractivity contribution in [1.82, 2.24) is 20.1 Å². The maximum atomic E-state index is 12.7. The number of halogens is 1. The maximum absolute atomic E-state index is 12.7. The van der Waals surface area contributed by atoms with E-state index in [1.165, 1.54) is 24.0 Å². The monoisotopic (exact) mass is 426 g/mol. The minimum Gasteiger partial charge on any atom is -0.348 e. The fourth-order valence-electron chi connectivity index (χ4n) is 3.82. The number of carbonyl (C=O) groups is 1. The third-order valence-corrected chi connectivity index (χ3v) is 5.98. The van der Waals surface area contributed by atoms with Gasteiger partial charge in [-0.1, -0.05) is 29.8 Å². The molecule has 7 heteroatoms. The molecule has 0 fully saturated rings. The number of aryl methyl sites for hydroxylation is 2. The molecule has 1 atom stereocenters. The van der Waals surface area contributed by atoms with Crippen LogP contribution in [0.3, 0.4) is 0 Å². The molecule has 0 saturated heterocycles. The second-order valence-corrected chi connectivity index (χ2v) is 8.29. The smallest absolute Gasteiger partial charge is 0.240 e. The molecule has 1 aliphatic rings. The van der Waals surface area contributed by atoms with Crippen molar-refractivity contribution in [2.45, 2.75) is 45.2 Å². The topological polar surface area (TPSA) is 62.7 Å². The Morgan fingerprint density at radius 1 is 1.21 bits per heavy atom. The van der Waals surface area contributed by atoms with Gasteiger partial charge in [0, 0.05) is 10.6 Å². The van der Waals surface area contributed by atoms with E-state index in [4.69, 9.17) is 23.8 Å². The predicted octanol–water partition coefficient (Wildman–Crippen LogP) is 5.02. The zero-order chi connectivity index (χ0) is 20.4. The highest BCUT2D eigenvalue weighted by Crippen LogP contribution is 2.25. The van der Waals surface area contributed by atoms with Crippen LogP contribution in [0.5, 0.6) is 0 Å². The second-order valence-electron chi connectivity index (χ2n) is 7.47. The van der Waals surface area contributed by atoms with Gasteiger partial charge in [-0.2, -0.15) is 5.10 Å². The fraction of sp³-hybridized carbons (Fsp3) is 0.318. The van der Waals surface area contributed by atoms with Gasteiger partial charge in [-0.15, -0.1) is 0 Å². The van der Waals surface area contributed by atoms with Gasteiger partial charge in [0.1, 0.15) is 6.54 Å². The summed E-state index contributed by atoms with van der Waals surface area (Å²) in [4.78, 5) is 12.7. The van der Waals surface area contributed by atoms with Crippen LogP contribution >= 0.6 is 23.8 Å². The highest BCUT2D eigenvalue weighted by atomic mass is 35.5. The average molecular weight is 427 g/mol. The minimum atomic E-state index is -0.108. The van der Waals surface area contributed by atoms with Crippen LogP contribution in [-0.4, -0.2) is 20.7 Å². The summed E-state index contributed by atoms with van der Waals surface area (Å²) >= 11 is 11.3. The fourth-order valence-corrected chi connectivity index (χ4v) is 4.14. The van der Waals surface area contributed by atoms with Gasteiger partial charge in [0.15, 0.2) is 10.6 Å². The lowest BCUT2D eigenvalue weighted by Gasteiger charge is -2.20. The van der Waals surface area contributed by atoms with Crippen LogP contribution in [0.1, 0.15) is 42.5 Å². The lowest BCUT2D eigenvalue weighted by atomic mass is 9.89. The van der Waals surface area contributed by atoms with Crippen molar-refractivity contribution >= 4 is 29.7 Å². The van der Waals surface area contributed by atoms with Gasteiger partial charge in [-0.25, -0.2) is 0 Å². The van der Waals surface area contributed by atoms with Crippen LogP contribution in [0.2, 0.25) is 5.02 Å². The molecule has 1 unspecified atom stereocenters. The number of carbonyl (C=O) groups excluding carboxylic acids is 1. The number of hydrogen-bond acceptors (Lipinski definition) is 3. The molecule has 2 N–H and O–H groups in total. The first-order valence-electron chi connectivity index (χ1n) is 9.83. The first-order valence-corrected chi connectivity index (χ1v) is 10.6. The van der Waals surface area contributed by atoms with Gasteiger partial charge in [-0.3, -0.25) is 14.5 Å². The first kappa shape index (κ1) is 19.9. The van der Waals surface area contributed by atoms with Crippen molar-refractivity contribution < 1.29 is 4.79 Å². The molecule has 0 spiro atoms. The van der Waals surface area contributed by atoms with E-state index >= 15 is 0 Å². The maximum Gasteiger partial charge on any atom is 0.240 e. The molecule has 0 aliphatic heterocycles. The van der Waals surface area contributed by atoms with Gasteiger partial charge in [-0.05, 0) is 85.8 Å². The molecule has 29 heavy (non-hydrogen) atoms. The lowest BCUT2D eigenvalue weighted by Crippen LogP contribution is -2.30. The van der Waals surface area contributed by atoms with Gasteiger partial charge >= 0.3 is 0 Å². The van der Waals surface area contributed by atoms with Crippen LogP contribution < -0.4 is 5.32 Å². The number of rotatable bonds is 5. The molecule has 5 nitrogen and oxygen atoms in total. The summed E-state index contributed by atoms with van der Waals surface area (Å²) in [6, 6.07) is 13.8. The Hall–Kier alpha value is -2.44. The van der Waals surface area contributed by atoms with Crippen LogP contribution in [-0.2, 0) is 24.2 Å². The highest BCUT2D eigenvalue weighted by molar-refractivity contribution is 7.71. The van der Waals surface area contributed by atoms with Gasteiger partial charge in [0.2, 0.25) is 5.91 Å². The zero-order valence-corrected chi connectivity index (χ0v) is 17.8. The van der Waals surface area contributed by atoms with Crippen molar-refractivity contribution in [3.8, 4) is 11.4 Å². The van der Waals surface area contributed by atoms with Crippen LogP contribution in [0.4, 0.5) is 0 Å². The average Bonchev–Trinajstić information content (AvgIpc) is 3.08. The summed E-state index contributed by atoms with van der Waals surface area (Å²) in [6.07, 6.45) is 4.78. The molecule has 1 aromatic heterocycles. The molecule has 1 heterocycles. The van der Waals surface area contributed by atoms with E-state index in [0.29, 0.717) is 15.6 Å². The molecule has 1 amide bonds. The number of nitrogens with zero attached hydrogens (tertiary/aromatic N) is 2. The third-order valence-electron chi connectivity index (χ3n) is 5.41. The number of aromatic amines is 1. The Bertz CT molecular complexity index is 1090. The quantitative estimate of drug-likeness (QED) is 0.563. The van der Waals surface area contributed by atoms with Crippen LogP contribution in [0, 0.1) is 4.77 Å². The van der Waals surface area contributed by atoms with E-state index in [9.17, 15) is 4.79 Å². The summed E-state index contributed by atoms with van der Waals surface area (Å²) in [5.41, 5.74) is 4.83. The number of hydrogen-bond donors (Lipinski definition) is 2. The summed E-state index contributed by atoms with van der Waals surface area (Å²) in [6.45, 7) is 2.11. The minimum absolute atomic E-state index is 0.0743. The molecule has 150 valence electrons. The largest absolute Gasteiger partial charge is 0.348 e. The summed E-state index contributed by atoms with van der Waals surface area (Å²) in [5, 5.41) is 10.8. The molecule has 1 aliphatic carbocycles. The number of amides is 1. The van der Waals surface area contributed by atoms with Crippen molar-refractivity contribution in [2.24, 2.45) is 0 Å². The van der Waals surface area contributed by atoms with Gasteiger partial charge < -0.3 is 5.32 Å². The summed E-state index contributed by atoms with van der Waals surface area (Å²) in [7, 11) is 0. The molecule has 0 saturated carbocycles. The highest BCUT2D eigenvalue weighted by Gasteiger charge is 2.16. The van der Waals surface area contributed by atoms with Crippen LogP contribution in [0.25, 0.3) is 11.4 Å². The Labute approximate surface area is 180 Å². The Morgan fingerprint density at radius 3 is 2.69 bits per heavy atom. The van der Waals surface area contributed by atoms with Crippen molar-refractivity contribution in [3.63, 3.8) is 0 Å². The third kappa shape index (κ3) is 4.43. The molecule has 2 aromatic carbocycles. The van der Waals surface area contributed by atoms with E-state index < -0.39 is 0 Å². The van der Waals surface area contributed by atoms with E-state index in [2.05, 4.69) is 33.7 Å². The Balaban J connectivity index is 1.48. The lowest BCUT2D eigenvalue weighted by molar-refractivity contribution is -0.122. The van der Waals surface area contributed by atoms with E-state index in [1.54, 1.807) is 16.7 Å². The summed E-state index contributed by atoms with van der Waals surface area (Å²) < 4.78 is 2.11. The van der Waals surface area contributed by atoms with Gasteiger partial charge in [0.05, 0.1) is 6.04 Å². The van der Waals surface area contributed by atoms with Crippen molar-refractivity contribution in [3.05, 3.63) is 68.9 Å². The van der Waals surface area contributed by atoms with E-state index in [-0.39, 0.29) is 18.5 Å². The van der Waals surface area contributed by atoms with E-state index in [0.717, 1.165) is 24.0 Å². The number of nitrogens with one attached hydrogen (secondary N) is 2. The standard InChI is InChI=1S/C22H23ClN4OS/c1-14(17-7-6-15-4-2-3-5-18(15)12-17)24-20(28)13-27-21(25-26-22(27)29)16-8-10-19(23)11-9-16/h6-12,14H,2-5,13H2,1H3,(H,24,28)(H,26,29). The predicted molar refractivity (Wildman–Crippen MR) is 117 cm³/mol. The molecule has 0 radical (unpaired) electrons. The summed E-state index contributed by atoms with van der Waals surface area (Å²) in [5.74, 6) is 0.506. The second kappa shape index (κ2) is 8.51. The zero-order valence-electron chi connectivity index (χ0n) is 16.2. The molecule has 4 rings (SSSR count). The molecular weight excluding hydrogens is 404 g/mol. The number of aromatic nitrogens is 3. The van der Waals surface area contributed by atoms with Gasteiger partial charge in [0.25, 0.3) is 0 Å². The van der Waals surface area contributed by atoms with Crippen molar-refractivity contribution in [1.29, 1.82) is 0 Å². The Kier molecular flexibility index (Phi) is 5.83. The normalized spacial score (nSPS) is 14.3. The molecule has 0 bridgehead atoms. The van der Waals surface area contributed by atoms with E-state index in [1.807, 2.05) is 19.1 Å². The molecular formula is C22H23ClN4OS. The number of benzene rings is 2.